The summed E-state index contributed by atoms with van der Waals surface area (Å²) >= 11 is 3.20. The molecule has 1 aromatic rings. The molecule has 1 aromatic heterocycles. The van der Waals surface area contributed by atoms with Crippen molar-refractivity contribution in [3.05, 3.63) is 17.0 Å². The van der Waals surface area contributed by atoms with E-state index >= 15 is 0 Å². The number of nitrogens with one attached hydrogen (secondary N) is 1. The Morgan fingerprint density at radius 3 is 2.73 bits per heavy atom. The van der Waals surface area contributed by atoms with Crippen LogP contribution in [0.15, 0.2) is 17.0 Å². The van der Waals surface area contributed by atoms with Crippen LogP contribution in [0.3, 0.4) is 0 Å². The minimum Gasteiger partial charge on any atom is -0.366 e. The van der Waals surface area contributed by atoms with Gasteiger partial charge in [-0.3, -0.25) is 0 Å². The molecule has 0 aliphatic heterocycles. The van der Waals surface area contributed by atoms with Crippen LogP contribution >= 0.6 is 15.9 Å². The largest absolute Gasteiger partial charge is 0.366 e. The molecule has 0 aliphatic carbocycles. The molecule has 1 unspecified atom stereocenters. The number of halogens is 1. The van der Waals surface area contributed by atoms with Gasteiger partial charge in [0.15, 0.2) is 0 Å². The third-order valence-corrected chi connectivity index (χ3v) is 3.12. The number of sulfone groups is 1. The maximum absolute atomic E-state index is 11.0. The molecule has 0 saturated carbocycles. The fourth-order valence-electron chi connectivity index (χ4n) is 1.16. The highest BCUT2D eigenvalue weighted by molar-refractivity contribution is 9.10. The summed E-state index contributed by atoms with van der Waals surface area (Å²) in [4.78, 5) is 7.83. The predicted molar refractivity (Wildman–Crippen MR) is 62.5 cm³/mol. The van der Waals surface area contributed by atoms with Crippen LogP contribution in [-0.4, -0.2) is 36.4 Å². The van der Waals surface area contributed by atoms with Crippen LogP contribution in [0.4, 0.5) is 5.82 Å². The molecule has 1 heterocycles. The Bertz CT molecular complexity index is 435. The summed E-state index contributed by atoms with van der Waals surface area (Å²) in [5.41, 5.74) is 0. The molecule has 0 spiro atoms. The summed E-state index contributed by atoms with van der Waals surface area (Å²) in [6.45, 7) is 1.79. The van der Waals surface area contributed by atoms with Crippen molar-refractivity contribution in [2.75, 3.05) is 17.3 Å². The smallest absolute Gasteiger partial charge is 0.149 e. The summed E-state index contributed by atoms with van der Waals surface area (Å²) in [6.07, 6.45) is 2.61. The van der Waals surface area contributed by atoms with E-state index in [1.807, 2.05) is 0 Å². The summed E-state index contributed by atoms with van der Waals surface area (Å²) in [5.74, 6) is 0.683. The van der Waals surface area contributed by atoms with Gasteiger partial charge in [0.25, 0.3) is 0 Å². The molecule has 0 saturated heterocycles. The molecule has 1 atom stereocenters. The van der Waals surface area contributed by atoms with E-state index in [2.05, 4.69) is 31.2 Å². The van der Waals surface area contributed by atoms with Crippen LogP contribution < -0.4 is 5.32 Å². The third-order valence-electron chi connectivity index (χ3n) is 1.58. The molecule has 5 nitrogen and oxygen atoms in total. The number of hydrogen-bond acceptors (Lipinski definition) is 5. The van der Waals surface area contributed by atoms with Crippen molar-refractivity contribution in [3.63, 3.8) is 0 Å². The van der Waals surface area contributed by atoms with Gasteiger partial charge in [-0.2, -0.15) is 0 Å². The first-order valence-electron chi connectivity index (χ1n) is 4.28. The second-order valence-electron chi connectivity index (χ2n) is 3.36. The molecule has 1 N–H and O–H groups in total. The van der Waals surface area contributed by atoms with Crippen LogP contribution in [-0.2, 0) is 9.84 Å². The van der Waals surface area contributed by atoms with Crippen LogP contribution in [0, 0.1) is 0 Å². The zero-order valence-corrected chi connectivity index (χ0v) is 10.8. The first-order valence-corrected chi connectivity index (χ1v) is 7.14. The van der Waals surface area contributed by atoms with Crippen molar-refractivity contribution in [1.29, 1.82) is 0 Å². The average Bonchev–Trinajstić information content (AvgIpc) is 1.99. The van der Waals surface area contributed by atoms with Crippen molar-refractivity contribution in [3.8, 4) is 0 Å². The van der Waals surface area contributed by atoms with E-state index in [1.165, 1.54) is 12.6 Å². The Morgan fingerprint density at radius 1 is 1.53 bits per heavy atom. The van der Waals surface area contributed by atoms with Gasteiger partial charge in [0, 0.05) is 18.4 Å². The average molecular weight is 294 g/mol. The Hall–Kier alpha value is -0.690. The Labute approximate surface area is 97.4 Å². The van der Waals surface area contributed by atoms with E-state index in [4.69, 9.17) is 0 Å². The maximum atomic E-state index is 11.0. The molecule has 0 aromatic carbocycles. The van der Waals surface area contributed by atoms with Crippen LogP contribution in [0.25, 0.3) is 0 Å². The molecular weight excluding hydrogens is 282 g/mol. The van der Waals surface area contributed by atoms with Gasteiger partial charge in [0.2, 0.25) is 0 Å². The molecule has 7 heteroatoms. The number of aromatic nitrogens is 2. The lowest BCUT2D eigenvalue weighted by atomic mass is 10.4. The molecule has 15 heavy (non-hydrogen) atoms. The minimum absolute atomic E-state index is 0.0780. The number of nitrogens with zero attached hydrogens (tertiary/aromatic N) is 2. The van der Waals surface area contributed by atoms with E-state index in [1.54, 1.807) is 13.0 Å². The highest BCUT2D eigenvalue weighted by Gasteiger charge is 2.10. The topological polar surface area (TPSA) is 72.0 Å². The molecule has 0 aliphatic rings. The zero-order chi connectivity index (χ0) is 11.5. The van der Waals surface area contributed by atoms with Gasteiger partial charge in [-0.1, -0.05) is 0 Å². The fraction of sp³-hybridized carbons (Fsp3) is 0.500. The lowest BCUT2D eigenvalue weighted by Gasteiger charge is -2.12. The first kappa shape index (κ1) is 12.4. The molecule has 0 fully saturated rings. The van der Waals surface area contributed by atoms with E-state index < -0.39 is 9.84 Å². The van der Waals surface area contributed by atoms with Gasteiger partial charge in [-0.05, 0) is 22.9 Å². The van der Waals surface area contributed by atoms with Gasteiger partial charge in [-0.15, -0.1) is 0 Å². The normalized spacial score (nSPS) is 13.5. The Morgan fingerprint density at radius 2 is 2.20 bits per heavy atom. The first-order chi connectivity index (χ1) is 6.87. The van der Waals surface area contributed by atoms with Gasteiger partial charge in [0.05, 0.1) is 5.75 Å². The van der Waals surface area contributed by atoms with E-state index in [0.29, 0.717) is 10.4 Å². The van der Waals surface area contributed by atoms with Crippen molar-refractivity contribution in [2.45, 2.75) is 13.0 Å². The number of hydrogen-bond donors (Lipinski definition) is 1. The number of rotatable bonds is 4. The number of anilines is 1. The monoisotopic (exact) mass is 293 g/mol. The fourth-order valence-corrected chi connectivity index (χ4v) is 2.46. The van der Waals surface area contributed by atoms with E-state index in [0.717, 1.165) is 0 Å². The Kier molecular flexibility index (Phi) is 4.04. The second-order valence-corrected chi connectivity index (χ2v) is 6.36. The van der Waals surface area contributed by atoms with Crippen molar-refractivity contribution >= 4 is 31.6 Å². The van der Waals surface area contributed by atoms with Gasteiger partial charge in [0.1, 0.15) is 26.6 Å². The highest BCUT2D eigenvalue weighted by atomic mass is 79.9. The standard InChI is InChI=1S/C8H12BrN3O2S/c1-6(4-15(2,13)14)12-8-3-7(9)10-5-11-8/h3,5-6H,4H2,1-2H3,(H,10,11,12). The van der Waals surface area contributed by atoms with E-state index in [-0.39, 0.29) is 11.8 Å². The van der Waals surface area contributed by atoms with Gasteiger partial charge >= 0.3 is 0 Å². The lowest BCUT2D eigenvalue weighted by molar-refractivity contribution is 0.598. The molecule has 0 radical (unpaired) electrons. The van der Waals surface area contributed by atoms with Gasteiger partial charge in [-0.25, -0.2) is 18.4 Å². The minimum atomic E-state index is -2.97. The summed E-state index contributed by atoms with van der Waals surface area (Å²) in [6, 6.07) is 1.51. The van der Waals surface area contributed by atoms with E-state index in [9.17, 15) is 8.42 Å². The molecular formula is C8H12BrN3O2S. The van der Waals surface area contributed by atoms with Crippen molar-refractivity contribution in [1.82, 2.24) is 9.97 Å². The quantitative estimate of drug-likeness (QED) is 0.841. The van der Waals surface area contributed by atoms with Gasteiger partial charge < -0.3 is 5.32 Å². The SMILES string of the molecule is CC(CS(C)(=O)=O)Nc1cc(Br)ncn1. The maximum Gasteiger partial charge on any atom is 0.149 e. The van der Waals surface area contributed by atoms with Crippen LogP contribution in [0.1, 0.15) is 6.92 Å². The summed E-state index contributed by atoms with van der Waals surface area (Å²) in [7, 11) is -2.97. The third kappa shape index (κ3) is 5.08. The predicted octanol–water partition coefficient (Wildman–Crippen LogP) is 1.08. The van der Waals surface area contributed by atoms with Crippen LogP contribution in [0.2, 0.25) is 0 Å². The summed E-state index contributed by atoms with van der Waals surface area (Å²) < 4.78 is 22.7. The molecule has 0 bridgehead atoms. The lowest BCUT2D eigenvalue weighted by Crippen LogP contribution is -2.25. The van der Waals surface area contributed by atoms with Crippen molar-refractivity contribution in [2.24, 2.45) is 0 Å². The molecule has 1 rings (SSSR count). The zero-order valence-electron chi connectivity index (χ0n) is 8.44. The molecule has 0 amide bonds. The molecule has 84 valence electrons. The summed E-state index contributed by atoms with van der Waals surface area (Å²) in [5, 5.41) is 2.98. The Balaban J connectivity index is 2.63. The highest BCUT2D eigenvalue weighted by Crippen LogP contribution is 2.10. The van der Waals surface area contributed by atoms with Crippen LogP contribution in [0.5, 0.6) is 0 Å². The van der Waals surface area contributed by atoms with Crippen molar-refractivity contribution < 1.29 is 8.42 Å². The second kappa shape index (κ2) is 4.89.